The standard InChI is InChI=1S/C18H20N4O2S/c23-16(13-5-4-11-2-1-3-12(11)10-13)17(24)19-9-8-15-20-21-18(25)22(15)14-6-7-14/h4-5,10,14H,1-3,6-9H2,(H,19,24)(H,21,25). The molecule has 0 atom stereocenters. The van der Waals surface area contributed by atoms with E-state index >= 15 is 0 Å². The zero-order chi connectivity index (χ0) is 17.4. The number of aromatic amines is 1. The van der Waals surface area contributed by atoms with Gasteiger partial charge >= 0.3 is 0 Å². The van der Waals surface area contributed by atoms with Gasteiger partial charge in [-0.2, -0.15) is 5.10 Å². The lowest BCUT2D eigenvalue weighted by molar-refractivity contribution is -0.116. The first-order chi connectivity index (χ1) is 12.1. The van der Waals surface area contributed by atoms with E-state index in [1.807, 2.05) is 16.7 Å². The monoisotopic (exact) mass is 356 g/mol. The van der Waals surface area contributed by atoms with Crippen LogP contribution in [-0.4, -0.2) is 33.0 Å². The van der Waals surface area contributed by atoms with Gasteiger partial charge in [0.05, 0.1) is 0 Å². The maximum atomic E-state index is 12.3. The number of hydrogen-bond acceptors (Lipinski definition) is 4. The predicted octanol–water partition coefficient (Wildman–Crippen LogP) is 2.31. The molecule has 2 aliphatic carbocycles. The van der Waals surface area contributed by atoms with Crippen LogP contribution in [0.25, 0.3) is 0 Å². The van der Waals surface area contributed by atoms with Crippen LogP contribution >= 0.6 is 12.2 Å². The van der Waals surface area contributed by atoms with Crippen LogP contribution in [0, 0.1) is 4.77 Å². The fourth-order valence-electron chi connectivity index (χ4n) is 3.44. The van der Waals surface area contributed by atoms with Gasteiger partial charge in [0.1, 0.15) is 5.82 Å². The molecule has 0 unspecified atom stereocenters. The highest BCUT2D eigenvalue weighted by Gasteiger charge is 2.27. The van der Waals surface area contributed by atoms with Crippen molar-refractivity contribution < 1.29 is 9.59 Å². The topological polar surface area (TPSA) is 79.8 Å². The number of nitrogens with zero attached hydrogens (tertiary/aromatic N) is 2. The zero-order valence-electron chi connectivity index (χ0n) is 13.9. The number of fused-ring (bicyclic) bond motifs is 1. The van der Waals surface area contributed by atoms with Gasteiger partial charge in [0.15, 0.2) is 4.77 Å². The third kappa shape index (κ3) is 3.28. The summed E-state index contributed by atoms with van der Waals surface area (Å²) < 4.78 is 2.64. The van der Waals surface area contributed by atoms with Gasteiger partial charge in [-0.3, -0.25) is 14.7 Å². The molecule has 0 spiro atoms. The number of H-pyrrole nitrogens is 1. The first-order valence-corrected chi connectivity index (χ1v) is 9.14. The maximum absolute atomic E-state index is 12.3. The molecule has 0 bridgehead atoms. The molecule has 7 heteroatoms. The molecule has 0 saturated heterocycles. The van der Waals surface area contributed by atoms with E-state index in [-0.39, 0.29) is 0 Å². The third-order valence-corrected chi connectivity index (χ3v) is 5.18. The van der Waals surface area contributed by atoms with Gasteiger partial charge in [-0.15, -0.1) is 0 Å². The summed E-state index contributed by atoms with van der Waals surface area (Å²) in [6.07, 6.45) is 5.95. The quantitative estimate of drug-likeness (QED) is 0.473. The number of rotatable bonds is 6. The van der Waals surface area contributed by atoms with Crippen LogP contribution in [0.1, 0.15) is 52.6 Å². The summed E-state index contributed by atoms with van der Waals surface area (Å²) in [5, 5.41) is 9.73. The second-order valence-corrected chi connectivity index (χ2v) is 7.10. The molecule has 2 aromatic rings. The van der Waals surface area contributed by atoms with Crippen LogP contribution in [0.3, 0.4) is 0 Å². The molecule has 1 amide bonds. The van der Waals surface area contributed by atoms with E-state index in [1.54, 1.807) is 6.07 Å². The Kier molecular flexibility index (Phi) is 4.25. The Bertz CT molecular complexity index is 895. The molecule has 4 rings (SSSR count). The number of benzene rings is 1. The van der Waals surface area contributed by atoms with Crippen molar-refractivity contribution in [3.8, 4) is 0 Å². The SMILES string of the molecule is O=C(NCCc1n[nH]c(=S)n1C1CC1)C(=O)c1ccc2c(c1)CCC2. The van der Waals surface area contributed by atoms with Crippen molar-refractivity contribution >= 4 is 23.9 Å². The number of Topliss-reactive ketones (excluding diaryl/α,β-unsaturated/α-hetero) is 1. The molecule has 1 aromatic carbocycles. The Morgan fingerprint density at radius 1 is 1.28 bits per heavy atom. The molecular weight excluding hydrogens is 336 g/mol. The smallest absolute Gasteiger partial charge is 0.292 e. The molecule has 1 heterocycles. The number of aryl methyl sites for hydroxylation is 2. The van der Waals surface area contributed by atoms with Crippen molar-refractivity contribution in [1.29, 1.82) is 0 Å². The Morgan fingerprint density at radius 2 is 2.08 bits per heavy atom. The fraction of sp³-hybridized carbons (Fsp3) is 0.444. The molecule has 2 N–H and O–H groups in total. The number of amides is 1. The second-order valence-electron chi connectivity index (χ2n) is 6.72. The number of ketones is 1. The number of carbonyl (C=O) groups excluding carboxylic acids is 2. The van der Waals surface area contributed by atoms with E-state index in [0.717, 1.165) is 37.9 Å². The fourth-order valence-corrected chi connectivity index (χ4v) is 3.74. The molecule has 0 aliphatic heterocycles. The first kappa shape index (κ1) is 16.2. The van der Waals surface area contributed by atoms with Gasteiger partial charge in [-0.1, -0.05) is 12.1 Å². The molecule has 25 heavy (non-hydrogen) atoms. The van der Waals surface area contributed by atoms with E-state index < -0.39 is 11.7 Å². The van der Waals surface area contributed by atoms with Gasteiger partial charge < -0.3 is 9.88 Å². The second kappa shape index (κ2) is 6.55. The summed E-state index contributed by atoms with van der Waals surface area (Å²) >= 11 is 5.24. The van der Waals surface area contributed by atoms with Crippen LogP contribution < -0.4 is 5.32 Å². The van der Waals surface area contributed by atoms with E-state index in [4.69, 9.17) is 12.2 Å². The molecule has 1 saturated carbocycles. The van der Waals surface area contributed by atoms with E-state index in [1.165, 1.54) is 11.1 Å². The zero-order valence-corrected chi connectivity index (χ0v) is 14.7. The average Bonchev–Trinajstić information content (AvgIpc) is 3.21. The van der Waals surface area contributed by atoms with E-state index in [9.17, 15) is 9.59 Å². The van der Waals surface area contributed by atoms with Crippen molar-refractivity contribution in [2.45, 2.75) is 44.6 Å². The number of hydrogen-bond donors (Lipinski definition) is 2. The highest BCUT2D eigenvalue weighted by atomic mass is 32.1. The van der Waals surface area contributed by atoms with Gasteiger partial charge in [-0.05, 0) is 61.5 Å². The Morgan fingerprint density at radius 3 is 2.88 bits per heavy atom. The van der Waals surface area contributed by atoms with Crippen LogP contribution in [0.4, 0.5) is 0 Å². The van der Waals surface area contributed by atoms with Gasteiger partial charge in [0, 0.05) is 24.6 Å². The lowest BCUT2D eigenvalue weighted by atomic mass is 10.0. The summed E-state index contributed by atoms with van der Waals surface area (Å²) in [5.74, 6) is -0.210. The minimum absolute atomic E-state index is 0.363. The Labute approximate surface area is 150 Å². The van der Waals surface area contributed by atoms with Crippen molar-refractivity contribution in [2.24, 2.45) is 0 Å². The van der Waals surface area contributed by atoms with Crippen LogP contribution in [-0.2, 0) is 24.1 Å². The van der Waals surface area contributed by atoms with E-state index in [0.29, 0.717) is 29.3 Å². The molecule has 1 aromatic heterocycles. The summed E-state index contributed by atoms with van der Waals surface area (Å²) in [4.78, 5) is 24.5. The lowest BCUT2D eigenvalue weighted by Gasteiger charge is -2.07. The molecule has 2 aliphatic rings. The lowest BCUT2D eigenvalue weighted by Crippen LogP contribution is -2.33. The Hall–Kier alpha value is -2.28. The molecular formula is C18H20N4O2S. The van der Waals surface area contributed by atoms with Crippen LogP contribution in [0.5, 0.6) is 0 Å². The first-order valence-electron chi connectivity index (χ1n) is 8.73. The summed E-state index contributed by atoms with van der Waals surface area (Å²) in [6.45, 7) is 0.363. The minimum atomic E-state index is -0.565. The van der Waals surface area contributed by atoms with Crippen molar-refractivity contribution in [2.75, 3.05) is 6.54 Å². The molecule has 0 radical (unpaired) electrons. The highest BCUT2D eigenvalue weighted by molar-refractivity contribution is 7.71. The third-order valence-electron chi connectivity index (χ3n) is 4.89. The van der Waals surface area contributed by atoms with Gasteiger partial charge in [0.2, 0.25) is 5.78 Å². The summed E-state index contributed by atoms with van der Waals surface area (Å²) in [5.41, 5.74) is 2.96. The minimum Gasteiger partial charge on any atom is -0.349 e. The summed E-state index contributed by atoms with van der Waals surface area (Å²) in [7, 11) is 0. The van der Waals surface area contributed by atoms with E-state index in [2.05, 4.69) is 15.5 Å². The Balaban J connectivity index is 1.36. The van der Waals surface area contributed by atoms with Crippen molar-refractivity contribution in [3.05, 3.63) is 45.5 Å². The summed E-state index contributed by atoms with van der Waals surface area (Å²) in [6, 6.07) is 6.02. The largest absolute Gasteiger partial charge is 0.349 e. The number of nitrogens with one attached hydrogen (secondary N) is 2. The van der Waals surface area contributed by atoms with Crippen molar-refractivity contribution in [1.82, 2.24) is 20.1 Å². The van der Waals surface area contributed by atoms with Gasteiger partial charge in [-0.25, -0.2) is 0 Å². The van der Waals surface area contributed by atoms with Crippen LogP contribution in [0.2, 0.25) is 0 Å². The predicted molar refractivity (Wildman–Crippen MR) is 95.2 cm³/mol. The molecule has 6 nitrogen and oxygen atoms in total. The molecule has 130 valence electrons. The van der Waals surface area contributed by atoms with Gasteiger partial charge in [0.25, 0.3) is 5.91 Å². The normalized spacial score (nSPS) is 15.8. The number of carbonyl (C=O) groups is 2. The maximum Gasteiger partial charge on any atom is 0.292 e. The van der Waals surface area contributed by atoms with Crippen LogP contribution in [0.15, 0.2) is 18.2 Å². The van der Waals surface area contributed by atoms with Crippen molar-refractivity contribution in [3.63, 3.8) is 0 Å². The average molecular weight is 356 g/mol. The highest BCUT2D eigenvalue weighted by Crippen LogP contribution is 2.35. The number of aromatic nitrogens is 3. The molecule has 1 fully saturated rings.